The fraction of sp³-hybridized carbons (Fsp3) is 1.00. The lowest BCUT2D eigenvalue weighted by Crippen LogP contribution is -2.20. The van der Waals surface area contributed by atoms with E-state index in [-0.39, 0.29) is 10.4 Å². The second-order valence-corrected chi connectivity index (χ2v) is 10.3. The van der Waals surface area contributed by atoms with Crippen molar-refractivity contribution in [3.63, 3.8) is 0 Å². The van der Waals surface area contributed by atoms with Gasteiger partial charge in [-0.1, -0.05) is 64.7 Å². The van der Waals surface area contributed by atoms with E-state index in [1.54, 1.807) is 0 Å². The fourth-order valence-electron chi connectivity index (χ4n) is 2.68. The SMILES string of the molecule is CCCCCCCCCCCCSC(C)(CCCCl)N=NC(C)(C)C. The lowest BCUT2D eigenvalue weighted by Gasteiger charge is -2.24. The van der Waals surface area contributed by atoms with Crippen molar-refractivity contribution >= 4 is 23.4 Å². The normalized spacial score (nSPS) is 15.0. The highest BCUT2D eigenvalue weighted by molar-refractivity contribution is 8.00. The molecule has 0 aliphatic carbocycles. The van der Waals surface area contributed by atoms with Crippen LogP contribution in [0.3, 0.4) is 0 Å². The van der Waals surface area contributed by atoms with Crippen LogP contribution in [0.4, 0.5) is 0 Å². The molecule has 150 valence electrons. The molecule has 0 rings (SSSR count). The van der Waals surface area contributed by atoms with Gasteiger partial charge in [0.1, 0.15) is 4.87 Å². The smallest absolute Gasteiger partial charge is 0.124 e. The number of hydrogen-bond donors (Lipinski definition) is 0. The third-order valence-corrected chi connectivity index (χ3v) is 5.91. The first-order chi connectivity index (χ1) is 11.8. The molecule has 0 aromatic carbocycles. The molecule has 0 saturated heterocycles. The summed E-state index contributed by atoms with van der Waals surface area (Å²) in [5.74, 6) is 1.89. The summed E-state index contributed by atoms with van der Waals surface area (Å²) in [6.07, 6.45) is 15.9. The van der Waals surface area contributed by atoms with Crippen LogP contribution < -0.4 is 0 Å². The number of alkyl halides is 1. The molecule has 0 N–H and O–H groups in total. The monoisotopic (exact) mass is 390 g/mol. The van der Waals surface area contributed by atoms with Crippen molar-refractivity contribution in [1.82, 2.24) is 0 Å². The molecule has 1 atom stereocenters. The van der Waals surface area contributed by atoms with Crippen molar-refractivity contribution < 1.29 is 0 Å². The highest BCUT2D eigenvalue weighted by Gasteiger charge is 2.24. The number of unbranched alkanes of at least 4 members (excludes halogenated alkanes) is 9. The van der Waals surface area contributed by atoms with Gasteiger partial charge in [0.05, 0.1) is 5.54 Å². The molecule has 0 aromatic heterocycles. The molecular weight excluding hydrogens is 348 g/mol. The summed E-state index contributed by atoms with van der Waals surface area (Å²) < 4.78 is 0. The van der Waals surface area contributed by atoms with Crippen molar-refractivity contribution in [2.24, 2.45) is 10.2 Å². The van der Waals surface area contributed by atoms with Crippen LogP contribution in [-0.4, -0.2) is 22.0 Å². The summed E-state index contributed by atoms with van der Waals surface area (Å²) in [6.45, 7) is 10.8. The molecule has 0 bridgehead atoms. The maximum atomic E-state index is 5.89. The minimum absolute atomic E-state index is 0.0973. The third-order valence-electron chi connectivity index (χ3n) is 4.25. The molecule has 1 unspecified atom stereocenters. The van der Waals surface area contributed by atoms with Gasteiger partial charge >= 0.3 is 0 Å². The Balaban J connectivity index is 3.86. The van der Waals surface area contributed by atoms with Crippen LogP contribution in [0, 0.1) is 0 Å². The average Bonchev–Trinajstić information content (AvgIpc) is 2.56. The number of azo groups is 1. The van der Waals surface area contributed by atoms with E-state index in [2.05, 4.69) is 44.8 Å². The predicted molar refractivity (Wildman–Crippen MR) is 117 cm³/mol. The Bertz CT molecular complexity index is 328. The van der Waals surface area contributed by atoms with E-state index in [0.717, 1.165) is 12.8 Å². The fourth-order valence-corrected chi connectivity index (χ4v) is 3.99. The van der Waals surface area contributed by atoms with E-state index >= 15 is 0 Å². The van der Waals surface area contributed by atoms with Gasteiger partial charge in [0.15, 0.2) is 0 Å². The van der Waals surface area contributed by atoms with Gasteiger partial charge in [0.25, 0.3) is 0 Å². The minimum Gasteiger partial charge on any atom is -0.187 e. The third kappa shape index (κ3) is 17.4. The summed E-state index contributed by atoms with van der Waals surface area (Å²) >= 11 is 7.85. The van der Waals surface area contributed by atoms with Gasteiger partial charge in [-0.2, -0.15) is 10.2 Å². The molecule has 0 spiro atoms. The Morgan fingerprint density at radius 3 is 1.72 bits per heavy atom. The van der Waals surface area contributed by atoms with Gasteiger partial charge in [-0.25, -0.2) is 0 Å². The molecule has 4 heteroatoms. The minimum atomic E-state index is -0.110. The van der Waals surface area contributed by atoms with E-state index in [1.807, 2.05) is 11.8 Å². The van der Waals surface area contributed by atoms with Crippen LogP contribution in [0.15, 0.2) is 10.2 Å². The maximum absolute atomic E-state index is 5.89. The largest absolute Gasteiger partial charge is 0.187 e. The zero-order valence-electron chi connectivity index (χ0n) is 17.6. The van der Waals surface area contributed by atoms with Gasteiger partial charge in [0, 0.05) is 5.88 Å². The lowest BCUT2D eigenvalue weighted by atomic mass is 10.1. The van der Waals surface area contributed by atoms with Crippen molar-refractivity contribution in [3.05, 3.63) is 0 Å². The van der Waals surface area contributed by atoms with Gasteiger partial charge in [-0.15, -0.1) is 23.4 Å². The maximum Gasteiger partial charge on any atom is 0.124 e. The van der Waals surface area contributed by atoms with Crippen LogP contribution in [0.25, 0.3) is 0 Å². The molecule has 2 nitrogen and oxygen atoms in total. The Hall–Kier alpha value is 0.240. The standard InChI is InChI=1S/C21H43ClN2S/c1-6-7-8-9-10-11-12-13-14-15-19-25-21(5,17-16-18-22)24-23-20(2,3)4/h6-19H2,1-5H3. The topological polar surface area (TPSA) is 24.7 Å². The Morgan fingerprint density at radius 2 is 1.24 bits per heavy atom. The van der Waals surface area contributed by atoms with Gasteiger partial charge in [0.2, 0.25) is 0 Å². The summed E-state index contributed by atoms with van der Waals surface area (Å²) in [5, 5.41) is 9.19. The van der Waals surface area contributed by atoms with E-state index in [0.29, 0.717) is 5.88 Å². The molecule has 0 aromatic rings. The van der Waals surface area contributed by atoms with Crippen molar-refractivity contribution in [1.29, 1.82) is 0 Å². The van der Waals surface area contributed by atoms with Crippen LogP contribution in [-0.2, 0) is 0 Å². The molecule has 0 aliphatic heterocycles. The number of nitrogens with zero attached hydrogens (tertiary/aromatic N) is 2. The van der Waals surface area contributed by atoms with Gasteiger partial charge < -0.3 is 0 Å². The van der Waals surface area contributed by atoms with E-state index in [9.17, 15) is 0 Å². The first-order valence-electron chi connectivity index (χ1n) is 10.5. The van der Waals surface area contributed by atoms with Crippen molar-refractivity contribution in [3.8, 4) is 0 Å². The number of thioether (sulfide) groups is 1. The average molecular weight is 391 g/mol. The van der Waals surface area contributed by atoms with Gasteiger partial charge in [-0.3, -0.25) is 0 Å². The molecule has 25 heavy (non-hydrogen) atoms. The highest BCUT2D eigenvalue weighted by Crippen LogP contribution is 2.34. The second kappa shape index (κ2) is 15.3. The first kappa shape index (κ1) is 25.2. The quantitative estimate of drug-likeness (QED) is 0.147. The molecule has 0 radical (unpaired) electrons. The zero-order chi connectivity index (χ0) is 19.0. The zero-order valence-corrected chi connectivity index (χ0v) is 19.2. The Kier molecular flexibility index (Phi) is 15.5. The Morgan fingerprint density at radius 1 is 0.720 bits per heavy atom. The van der Waals surface area contributed by atoms with Crippen molar-refractivity contribution in [2.45, 2.75) is 122 Å². The molecular formula is C21H43ClN2S. The van der Waals surface area contributed by atoms with Crippen LogP contribution in [0.2, 0.25) is 0 Å². The highest BCUT2D eigenvalue weighted by atomic mass is 35.5. The summed E-state index contributed by atoms with van der Waals surface area (Å²) in [7, 11) is 0. The summed E-state index contributed by atoms with van der Waals surface area (Å²) in [4.78, 5) is -0.110. The van der Waals surface area contributed by atoms with Crippen LogP contribution >= 0.6 is 23.4 Å². The predicted octanol–water partition coefficient (Wildman–Crippen LogP) is 8.63. The van der Waals surface area contributed by atoms with E-state index < -0.39 is 0 Å². The number of hydrogen-bond acceptors (Lipinski definition) is 3. The van der Waals surface area contributed by atoms with Crippen LogP contribution in [0.5, 0.6) is 0 Å². The molecule has 0 saturated carbocycles. The number of halogens is 1. The van der Waals surface area contributed by atoms with Crippen molar-refractivity contribution in [2.75, 3.05) is 11.6 Å². The van der Waals surface area contributed by atoms with Gasteiger partial charge in [-0.05, 0) is 52.7 Å². The summed E-state index contributed by atoms with van der Waals surface area (Å²) in [6, 6.07) is 0. The molecule has 0 heterocycles. The second-order valence-electron chi connectivity index (χ2n) is 8.37. The lowest BCUT2D eigenvalue weighted by molar-refractivity contribution is 0.485. The molecule has 0 aliphatic rings. The first-order valence-corrected chi connectivity index (χ1v) is 12.0. The number of rotatable bonds is 16. The van der Waals surface area contributed by atoms with E-state index in [4.69, 9.17) is 11.6 Å². The summed E-state index contributed by atoms with van der Waals surface area (Å²) in [5.41, 5.74) is -0.0973. The molecule has 0 fully saturated rings. The molecule has 0 amide bonds. The Labute approximate surface area is 167 Å². The van der Waals surface area contributed by atoms with E-state index in [1.165, 1.54) is 70.0 Å². The van der Waals surface area contributed by atoms with Crippen LogP contribution in [0.1, 0.15) is 112 Å².